The van der Waals surface area contributed by atoms with Gasteiger partial charge in [0.25, 0.3) is 0 Å². The molecular formula is C25H31FN2O3. The van der Waals surface area contributed by atoms with Gasteiger partial charge in [-0.3, -0.25) is 9.69 Å². The molecule has 1 atom stereocenters. The third-order valence-corrected chi connectivity index (χ3v) is 6.29. The first-order valence-corrected chi connectivity index (χ1v) is 11.1. The maximum absolute atomic E-state index is 14.6. The zero-order chi connectivity index (χ0) is 22.0. The van der Waals surface area contributed by atoms with E-state index in [2.05, 4.69) is 29.3 Å². The normalized spacial score (nSPS) is 20.1. The molecule has 0 radical (unpaired) electrons. The first kappa shape index (κ1) is 21.6. The second-order valence-corrected chi connectivity index (χ2v) is 8.65. The molecule has 0 bridgehead atoms. The van der Waals surface area contributed by atoms with Crippen LogP contribution >= 0.6 is 0 Å². The monoisotopic (exact) mass is 426 g/mol. The minimum Gasteiger partial charge on any atom is -0.494 e. The number of halogens is 1. The van der Waals surface area contributed by atoms with Crippen molar-refractivity contribution < 1.29 is 18.7 Å². The number of fused-ring (bicyclic) bond motifs is 1. The molecule has 2 aliphatic heterocycles. The largest absolute Gasteiger partial charge is 0.494 e. The van der Waals surface area contributed by atoms with Gasteiger partial charge in [-0.15, -0.1) is 0 Å². The van der Waals surface area contributed by atoms with E-state index in [9.17, 15) is 9.18 Å². The first-order chi connectivity index (χ1) is 14.9. The third-order valence-electron chi connectivity index (χ3n) is 6.29. The van der Waals surface area contributed by atoms with Crippen LogP contribution in [-0.4, -0.2) is 36.6 Å². The predicted molar refractivity (Wildman–Crippen MR) is 118 cm³/mol. The fraction of sp³-hybridized carbons (Fsp3) is 0.480. The van der Waals surface area contributed by atoms with Crippen LogP contribution in [-0.2, 0) is 23.3 Å². The molecule has 6 heteroatoms. The Morgan fingerprint density at radius 3 is 2.71 bits per heavy atom. The summed E-state index contributed by atoms with van der Waals surface area (Å²) in [7, 11) is 0. The van der Waals surface area contributed by atoms with Crippen LogP contribution in [0.3, 0.4) is 0 Å². The van der Waals surface area contributed by atoms with Gasteiger partial charge in [0.2, 0.25) is 5.91 Å². The number of benzene rings is 2. The lowest BCUT2D eigenvalue weighted by Gasteiger charge is -2.43. The fourth-order valence-corrected chi connectivity index (χ4v) is 4.88. The van der Waals surface area contributed by atoms with E-state index in [0.717, 1.165) is 43.1 Å². The molecule has 0 saturated carbocycles. The molecular weight excluding hydrogens is 395 g/mol. The number of likely N-dealkylation sites (tertiary alicyclic amines) is 1. The Morgan fingerprint density at radius 1 is 1.29 bits per heavy atom. The summed E-state index contributed by atoms with van der Waals surface area (Å²) >= 11 is 0. The zero-order valence-electron chi connectivity index (χ0n) is 18.5. The first-order valence-electron chi connectivity index (χ1n) is 11.1. The molecule has 1 saturated heterocycles. The summed E-state index contributed by atoms with van der Waals surface area (Å²) in [5.41, 5.74) is 2.20. The summed E-state index contributed by atoms with van der Waals surface area (Å²) < 4.78 is 26.5. The highest BCUT2D eigenvalue weighted by atomic mass is 19.1. The number of hydrogen-bond donors (Lipinski definition) is 1. The SMILES string of the molecule is CCOc1cc2c(cc1CN1CCC(NC(C)=O)(c3ccccc3F)CC1)O[C@H](C)C2. The summed E-state index contributed by atoms with van der Waals surface area (Å²) in [4.78, 5) is 14.3. The molecule has 4 rings (SSSR count). The maximum atomic E-state index is 14.6. The Bertz CT molecular complexity index is 954. The highest BCUT2D eigenvalue weighted by Gasteiger charge is 2.39. The van der Waals surface area contributed by atoms with Crippen LogP contribution in [0.15, 0.2) is 36.4 Å². The van der Waals surface area contributed by atoms with Crippen molar-refractivity contribution in [1.29, 1.82) is 0 Å². The molecule has 5 nitrogen and oxygen atoms in total. The molecule has 2 aliphatic rings. The van der Waals surface area contributed by atoms with Crippen molar-refractivity contribution in [2.24, 2.45) is 0 Å². The molecule has 0 spiro atoms. The van der Waals surface area contributed by atoms with E-state index in [1.807, 2.05) is 13.0 Å². The molecule has 0 aliphatic carbocycles. The van der Waals surface area contributed by atoms with E-state index in [1.54, 1.807) is 12.1 Å². The molecule has 2 aromatic rings. The van der Waals surface area contributed by atoms with E-state index in [4.69, 9.17) is 9.47 Å². The quantitative estimate of drug-likeness (QED) is 0.753. The van der Waals surface area contributed by atoms with Crippen molar-refractivity contribution >= 4 is 5.91 Å². The highest BCUT2D eigenvalue weighted by molar-refractivity contribution is 5.74. The number of nitrogens with zero attached hydrogens (tertiary/aromatic N) is 1. The molecule has 2 aromatic carbocycles. The van der Waals surface area contributed by atoms with Gasteiger partial charge < -0.3 is 14.8 Å². The van der Waals surface area contributed by atoms with Crippen LogP contribution in [0, 0.1) is 5.82 Å². The summed E-state index contributed by atoms with van der Waals surface area (Å²) in [5.74, 6) is 1.45. The summed E-state index contributed by atoms with van der Waals surface area (Å²) in [6, 6.07) is 11.0. The number of rotatable bonds is 6. The Hall–Kier alpha value is -2.60. The van der Waals surface area contributed by atoms with Crippen LogP contribution in [0.4, 0.5) is 4.39 Å². The number of piperidine rings is 1. The fourth-order valence-electron chi connectivity index (χ4n) is 4.88. The lowest BCUT2D eigenvalue weighted by Crippen LogP contribution is -2.52. The van der Waals surface area contributed by atoms with Crippen LogP contribution < -0.4 is 14.8 Å². The van der Waals surface area contributed by atoms with Crippen molar-refractivity contribution in [3.8, 4) is 11.5 Å². The van der Waals surface area contributed by atoms with Gasteiger partial charge in [0.15, 0.2) is 0 Å². The van der Waals surface area contributed by atoms with Gasteiger partial charge >= 0.3 is 0 Å². The van der Waals surface area contributed by atoms with Crippen molar-refractivity contribution in [3.63, 3.8) is 0 Å². The van der Waals surface area contributed by atoms with Crippen LogP contribution in [0.2, 0.25) is 0 Å². The lowest BCUT2D eigenvalue weighted by molar-refractivity contribution is -0.121. The molecule has 1 fully saturated rings. The third kappa shape index (κ3) is 4.54. The van der Waals surface area contributed by atoms with E-state index in [0.29, 0.717) is 25.0 Å². The number of nitrogens with one attached hydrogen (secondary N) is 1. The van der Waals surface area contributed by atoms with Crippen molar-refractivity contribution in [2.45, 2.75) is 58.2 Å². The topological polar surface area (TPSA) is 50.8 Å². The van der Waals surface area contributed by atoms with Crippen molar-refractivity contribution in [3.05, 3.63) is 58.9 Å². The van der Waals surface area contributed by atoms with E-state index in [1.165, 1.54) is 18.6 Å². The second-order valence-electron chi connectivity index (χ2n) is 8.65. The minimum absolute atomic E-state index is 0.139. The van der Waals surface area contributed by atoms with E-state index < -0.39 is 5.54 Å². The Kier molecular flexibility index (Phi) is 6.19. The minimum atomic E-state index is -0.674. The number of ether oxygens (including phenoxy) is 2. The van der Waals surface area contributed by atoms with Crippen LogP contribution in [0.1, 0.15) is 50.3 Å². The van der Waals surface area contributed by atoms with Crippen molar-refractivity contribution in [1.82, 2.24) is 10.2 Å². The van der Waals surface area contributed by atoms with Gasteiger partial charge in [0, 0.05) is 49.7 Å². The van der Waals surface area contributed by atoms with Gasteiger partial charge in [0.05, 0.1) is 12.1 Å². The van der Waals surface area contributed by atoms with E-state index in [-0.39, 0.29) is 17.8 Å². The summed E-state index contributed by atoms with van der Waals surface area (Å²) in [5, 5.41) is 3.06. The Labute approximate surface area is 183 Å². The Balaban J connectivity index is 1.53. The van der Waals surface area contributed by atoms with Gasteiger partial charge in [0.1, 0.15) is 23.4 Å². The summed E-state index contributed by atoms with van der Waals surface area (Å²) in [6.07, 6.45) is 2.39. The smallest absolute Gasteiger partial charge is 0.217 e. The molecule has 0 unspecified atom stereocenters. The van der Waals surface area contributed by atoms with Crippen LogP contribution in [0.25, 0.3) is 0 Å². The highest BCUT2D eigenvalue weighted by Crippen LogP contribution is 2.38. The maximum Gasteiger partial charge on any atom is 0.217 e. The number of hydrogen-bond acceptors (Lipinski definition) is 4. The zero-order valence-corrected chi connectivity index (χ0v) is 18.5. The lowest BCUT2D eigenvalue weighted by atomic mass is 9.80. The number of carbonyl (C=O) groups excluding carboxylic acids is 1. The molecule has 166 valence electrons. The molecule has 1 N–H and O–H groups in total. The van der Waals surface area contributed by atoms with Gasteiger partial charge in [-0.2, -0.15) is 0 Å². The van der Waals surface area contributed by atoms with Crippen LogP contribution in [0.5, 0.6) is 11.5 Å². The van der Waals surface area contributed by atoms with Gasteiger partial charge in [-0.1, -0.05) is 18.2 Å². The van der Waals surface area contributed by atoms with Gasteiger partial charge in [-0.25, -0.2) is 4.39 Å². The van der Waals surface area contributed by atoms with Crippen molar-refractivity contribution in [2.75, 3.05) is 19.7 Å². The predicted octanol–water partition coefficient (Wildman–Crippen LogP) is 4.18. The average molecular weight is 427 g/mol. The number of carbonyl (C=O) groups is 1. The molecule has 1 amide bonds. The Morgan fingerprint density at radius 2 is 2.03 bits per heavy atom. The molecule has 31 heavy (non-hydrogen) atoms. The molecule has 2 heterocycles. The van der Waals surface area contributed by atoms with E-state index >= 15 is 0 Å². The summed E-state index contributed by atoms with van der Waals surface area (Å²) in [6.45, 7) is 8.40. The average Bonchev–Trinajstić information content (AvgIpc) is 3.08. The molecule has 0 aromatic heterocycles. The second kappa shape index (κ2) is 8.87. The van der Waals surface area contributed by atoms with Gasteiger partial charge in [-0.05, 0) is 44.9 Å². The number of amides is 1. The standard InChI is InChI=1S/C25H31FN2O3/c1-4-30-23-14-19-13-17(2)31-24(19)15-20(23)16-28-11-9-25(10-12-28,27-18(3)29)21-7-5-6-8-22(21)26/h5-8,14-15,17H,4,9-13,16H2,1-3H3,(H,27,29)/t17-/m1/s1.